The molecule has 1 unspecified atom stereocenters. The van der Waals surface area contributed by atoms with E-state index in [1.165, 1.54) is 4.88 Å². The number of rotatable bonds is 7. The molecule has 102 valence electrons. The predicted octanol–water partition coefficient (Wildman–Crippen LogP) is 3.09. The molecular formula is C13H22N2O2S. The molecule has 0 aliphatic heterocycles. The largest absolute Gasteiger partial charge is 0.481 e. The Kier molecular flexibility index (Phi) is 5.59. The van der Waals surface area contributed by atoms with Gasteiger partial charge in [-0.2, -0.15) is 0 Å². The second-order valence-corrected chi connectivity index (χ2v) is 5.86. The van der Waals surface area contributed by atoms with Crippen LogP contribution in [0.1, 0.15) is 37.3 Å². The molecule has 1 heterocycles. The number of carboxylic acids is 1. The van der Waals surface area contributed by atoms with Crippen LogP contribution < -0.4 is 4.90 Å². The molecule has 0 spiro atoms. The second kappa shape index (κ2) is 6.73. The van der Waals surface area contributed by atoms with E-state index in [0.29, 0.717) is 6.54 Å². The van der Waals surface area contributed by atoms with Crippen LogP contribution in [0.2, 0.25) is 0 Å². The van der Waals surface area contributed by atoms with Crippen molar-refractivity contribution >= 4 is 22.4 Å². The number of unbranched alkanes of at least 4 members (excludes halogenated alkanes) is 1. The lowest BCUT2D eigenvalue weighted by molar-refractivity contribution is -0.140. The molecule has 5 heteroatoms. The summed E-state index contributed by atoms with van der Waals surface area (Å²) in [5.41, 5.74) is 1.04. The van der Waals surface area contributed by atoms with Gasteiger partial charge >= 0.3 is 5.97 Å². The minimum absolute atomic E-state index is 0.369. The van der Waals surface area contributed by atoms with Gasteiger partial charge in [0.2, 0.25) is 0 Å². The molecule has 0 aliphatic rings. The molecule has 1 rings (SSSR count). The Labute approximate surface area is 113 Å². The first-order chi connectivity index (χ1) is 8.45. The van der Waals surface area contributed by atoms with Crippen molar-refractivity contribution in [2.45, 2.75) is 40.5 Å². The lowest BCUT2D eigenvalue weighted by Gasteiger charge is -2.23. The summed E-state index contributed by atoms with van der Waals surface area (Å²) in [5, 5.41) is 9.97. The van der Waals surface area contributed by atoms with E-state index in [9.17, 15) is 4.79 Å². The van der Waals surface area contributed by atoms with Crippen molar-refractivity contribution < 1.29 is 9.90 Å². The number of hydrogen-bond acceptors (Lipinski definition) is 4. The van der Waals surface area contributed by atoms with Crippen molar-refractivity contribution in [3.63, 3.8) is 0 Å². The van der Waals surface area contributed by atoms with Gasteiger partial charge in [0.05, 0.1) is 11.6 Å². The minimum Gasteiger partial charge on any atom is -0.481 e. The monoisotopic (exact) mass is 270 g/mol. The van der Waals surface area contributed by atoms with E-state index in [4.69, 9.17) is 5.11 Å². The van der Waals surface area contributed by atoms with E-state index in [1.54, 1.807) is 18.3 Å². The van der Waals surface area contributed by atoms with Gasteiger partial charge in [0.15, 0.2) is 5.13 Å². The molecule has 0 amide bonds. The Morgan fingerprint density at radius 3 is 2.61 bits per heavy atom. The summed E-state index contributed by atoms with van der Waals surface area (Å²) in [6.07, 6.45) is 2.16. The van der Waals surface area contributed by atoms with Gasteiger partial charge in [0.25, 0.3) is 0 Å². The van der Waals surface area contributed by atoms with Gasteiger partial charge in [-0.25, -0.2) is 4.98 Å². The molecule has 1 aromatic heterocycles. The molecule has 0 fully saturated rings. The quantitative estimate of drug-likeness (QED) is 0.827. The number of anilines is 1. The molecule has 1 aromatic rings. The maximum atomic E-state index is 11.0. The summed E-state index contributed by atoms with van der Waals surface area (Å²) < 4.78 is 0. The van der Waals surface area contributed by atoms with Crippen LogP contribution >= 0.6 is 11.3 Å². The SMILES string of the molecule is CCCCN(CC(C)C(=O)O)c1nc(C)c(C)s1. The summed E-state index contributed by atoms with van der Waals surface area (Å²) in [6.45, 7) is 9.33. The van der Waals surface area contributed by atoms with Crippen LogP contribution in [0.3, 0.4) is 0 Å². The molecule has 0 saturated carbocycles. The molecule has 0 bridgehead atoms. The normalized spacial score (nSPS) is 12.4. The van der Waals surface area contributed by atoms with Crippen LogP contribution in [0.5, 0.6) is 0 Å². The van der Waals surface area contributed by atoms with Crippen LogP contribution in [0.4, 0.5) is 5.13 Å². The van der Waals surface area contributed by atoms with E-state index in [2.05, 4.69) is 23.7 Å². The van der Waals surface area contributed by atoms with Gasteiger partial charge in [-0.05, 0) is 20.3 Å². The number of carbonyl (C=O) groups is 1. The highest BCUT2D eigenvalue weighted by Gasteiger charge is 2.19. The van der Waals surface area contributed by atoms with Crippen LogP contribution in [-0.4, -0.2) is 29.1 Å². The summed E-state index contributed by atoms with van der Waals surface area (Å²) in [4.78, 5) is 18.8. The number of thiazole rings is 1. The van der Waals surface area contributed by atoms with Gasteiger partial charge in [0.1, 0.15) is 0 Å². The fourth-order valence-corrected chi connectivity index (χ4v) is 2.56. The highest BCUT2D eigenvalue weighted by atomic mass is 32.1. The molecule has 1 N–H and O–H groups in total. The highest BCUT2D eigenvalue weighted by Crippen LogP contribution is 2.26. The molecule has 0 aromatic carbocycles. The zero-order chi connectivity index (χ0) is 13.7. The van der Waals surface area contributed by atoms with Gasteiger partial charge in [0, 0.05) is 18.0 Å². The first-order valence-electron chi connectivity index (χ1n) is 6.37. The predicted molar refractivity (Wildman–Crippen MR) is 75.5 cm³/mol. The zero-order valence-corrected chi connectivity index (χ0v) is 12.4. The fraction of sp³-hybridized carbons (Fsp3) is 0.692. The van der Waals surface area contributed by atoms with Crippen molar-refractivity contribution in [3.8, 4) is 0 Å². The number of carboxylic acid groups (broad SMARTS) is 1. The van der Waals surface area contributed by atoms with Gasteiger partial charge in [-0.15, -0.1) is 11.3 Å². The Bertz CT molecular complexity index is 384. The number of aliphatic carboxylic acids is 1. The van der Waals surface area contributed by atoms with E-state index < -0.39 is 5.97 Å². The Hall–Kier alpha value is -1.10. The lowest BCUT2D eigenvalue weighted by atomic mass is 10.1. The molecule has 0 radical (unpaired) electrons. The summed E-state index contributed by atoms with van der Waals surface area (Å²) >= 11 is 1.65. The third-order valence-electron chi connectivity index (χ3n) is 2.99. The average Bonchev–Trinajstić information content (AvgIpc) is 2.64. The van der Waals surface area contributed by atoms with E-state index in [1.807, 2.05) is 6.92 Å². The zero-order valence-electron chi connectivity index (χ0n) is 11.6. The summed E-state index contributed by atoms with van der Waals surface area (Å²) in [5.74, 6) is -1.12. The van der Waals surface area contributed by atoms with Crippen LogP contribution in [-0.2, 0) is 4.79 Å². The molecule has 1 atom stereocenters. The first-order valence-corrected chi connectivity index (χ1v) is 7.19. The number of aryl methyl sites for hydroxylation is 2. The molecular weight excluding hydrogens is 248 g/mol. The number of hydrogen-bond donors (Lipinski definition) is 1. The van der Waals surface area contributed by atoms with Crippen molar-refractivity contribution in [3.05, 3.63) is 10.6 Å². The van der Waals surface area contributed by atoms with Gasteiger partial charge in [-0.1, -0.05) is 20.3 Å². The molecule has 0 saturated heterocycles. The average molecular weight is 270 g/mol. The third kappa shape index (κ3) is 3.98. The Balaban J connectivity index is 2.80. The molecule has 4 nitrogen and oxygen atoms in total. The maximum absolute atomic E-state index is 11.0. The lowest BCUT2D eigenvalue weighted by Crippen LogP contribution is -2.32. The smallest absolute Gasteiger partial charge is 0.308 e. The van der Waals surface area contributed by atoms with Crippen LogP contribution in [0.15, 0.2) is 0 Å². The third-order valence-corrected chi connectivity index (χ3v) is 4.12. The van der Waals surface area contributed by atoms with Gasteiger partial charge in [-0.3, -0.25) is 4.79 Å². The number of aromatic nitrogens is 1. The summed E-state index contributed by atoms with van der Waals surface area (Å²) in [6, 6.07) is 0. The van der Waals surface area contributed by atoms with E-state index in [-0.39, 0.29) is 5.92 Å². The van der Waals surface area contributed by atoms with Crippen LogP contribution in [0, 0.1) is 19.8 Å². The first kappa shape index (κ1) is 15.0. The minimum atomic E-state index is -0.749. The second-order valence-electron chi connectivity index (χ2n) is 4.68. The molecule has 0 aliphatic carbocycles. The van der Waals surface area contributed by atoms with Crippen molar-refractivity contribution in [1.82, 2.24) is 4.98 Å². The van der Waals surface area contributed by atoms with E-state index in [0.717, 1.165) is 30.2 Å². The topological polar surface area (TPSA) is 53.4 Å². The van der Waals surface area contributed by atoms with E-state index >= 15 is 0 Å². The fourth-order valence-electron chi connectivity index (χ4n) is 1.61. The molecule has 18 heavy (non-hydrogen) atoms. The Morgan fingerprint density at radius 1 is 1.50 bits per heavy atom. The van der Waals surface area contributed by atoms with Crippen molar-refractivity contribution in [2.75, 3.05) is 18.0 Å². The van der Waals surface area contributed by atoms with Crippen molar-refractivity contribution in [2.24, 2.45) is 5.92 Å². The van der Waals surface area contributed by atoms with Gasteiger partial charge < -0.3 is 10.0 Å². The maximum Gasteiger partial charge on any atom is 0.308 e. The highest BCUT2D eigenvalue weighted by molar-refractivity contribution is 7.15. The summed E-state index contributed by atoms with van der Waals surface area (Å²) in [7, 11) is 0. The Morgan fingerprint density at radius 2 is 2.17 bits per heavy atom. The number of nitrogens with zero attached hydrogens (tertiary/aromatic N) is 2. The standard InChI is InChI=1S/C13H22N2O2S/c1-5-6-7-15(8-9(2)12(16)17)13-14-10(3)11(4)18-13/h9H,5-8H2,1-4H3,(H,16,17). The van der Waals surface area contributed by atoms with Crippen LogP contribution in [0.25, 0.3) is 0 Å². The van der Waals surface area contributed by atoms with Crippen molar-refractivity contribution in [1.29, 1.82) is 0 Å².